The Morgan fingerprint density at radius 1 is 1.09 bits per heavy atom. The minimum absolute atomic E-state index is 0.0742. The van der Waals surface area contributed by atoms with Crippen molar-refractivity contribution in [3.63, 3.8) is 0 Å². The summed E-state index contributed by atoms with van der Waals surface area (Å²) < 4.78 is 48.7. The second-order valence-electron chi connectivity index (χ2n) is 9.63. The molecular weight excluding hydrogens is 505 g/mol. The summed E-state index contributed by atoms with van der Waals surface area (Å²) in [6.45, 7) is 9.76. The molecule has 1 rings (SSSR count). The molecule has 0 amide bonds. The second-order valence-corrected chi connectivity index (χ2v) is 13.4. The number of alkyl halides is 1. The molecule has 0 aromatic carbocycles. The first-order valence-electron chi connectivity index (χ1n) is 10.6. The van der Waals surface area contributed by atoms with Gasteiger partial charge in [0.1, 0.15) is 20.1 Å². The Balaban J connectivity index is 2.73. The molecule has 1 heterocycles. The first-order chi connectivity index (χ1) is 15.5. The molecule has 0 spiro atoms. The third-order valence-electron chi connectivity index (χ3n) is 4.49. The molecule has 0 aliphatic carbocycles. The lowest BCUT2D eigenvalue weighted by Gasteiger charge is -2.23. The largest absolute Gasteiger partial charge is 0.474 e. The molecule has 1 N–H and O–H groups in total. The highest BCUT2D eigenvalue weighted by Gasteiger charge is 2.54. The van der Waals surface area contributed by atoms with Crippen LogP contribution in [0.1, 0.15) is 41.5 Å². The lowest BCUT2D eigenvalue weighted by molar-refractivity contribution is -0.118. The van der Waals surface area contributed by atoms with E-state index in [1.165, 1.54) is 0 Å². The Morgan fingerprint density at radius 2 is 1.53 bits per heavy atom. The topological polar surface area (TPSA) is 108 Å². The summed E-state index contributed by atoms with van der Waals surface area (Å²) in [5, 5.41) is 9.97. The van der Waals surface area contributed by atoms with Gasteiger partial charge in [0.2, 0.25) is 5.67 Å². The van der Waals surface area contributed by atoms with Crippen molar-refractivity contribution in [1.82, 2.24) is 0 Å². The summed E-state index contributed by atoms with van der Waals surface area (Å²) in [4.78, 5) is 24.1. The average Bonchev–Trinajstić information content (AvgIpc) is 2.95. The summed E-state index contributed by atoms with van der Waals surface area (Å²) in [5.74, 6) is 2.14. The highest BCUT2D eigenvalue weighted by Crippen LogP contribution is 2.50. The van der Waals surface area contributed by atoms with Gasteiger partial charge in [-0.05, 0) is 0 Å². The van der Waals surface area contributed by atoms with Crippen molar-refractivity contribution in [2.75, 3.05) is 31.3 Å². The van der Waals surface area contributed by atoms with E-state index in [4.69, 9.17) is 32.6 Å². The van der Waals surface area contributed by atoms with Gasteiger partial charge in [0.25, 0.3) is 0 Å². The predicted molar refractivity (Wildman–Crippen MR) is 132 cm³/mol. The molecule has 2 radical (unpaired) electrons. The molecule has 0 unspecified atom stereocenters. The van der Waals surface area contributed by atoms with E-state index in [1.54, 1.807) is 47.5 Å². The van der Waals surface area contributed by atoms with Crippen molar-refractivity contribution >= 4 is 49.4 Å². The summed E-state index contributed by atoms with van der Waals surface area (Å²) in [6, 6.07) is -1.60. The smallest absolute Gasteiger partial charge is 0.386 e. The lowest BCUT2D eigenvalue weighted by atomic mass is 9.82. The van der Waals surface area contributed by atoms with E-state index in [1.807, 2.05) is 0 Å². The molecule has 13 heteroatoms. The van der Waals surface area contributed by atoms with Crippen molar-refractivity contribution in [2.45, 2.75) is 65.4 Å². The van der Waals surface area contributed by atoms with Crippen LogP contribution < -0.4 is 0 Å². The van der Waals surface area contributed by atoms with Crippen molar-refractivity contribution in [3.05, 3.63) is 0 Å². The van der Waals surface area contributed by atoms with Crippen LogP contribution in [0.15, 0.2) is 0 Å². The number of ether oxygens (including phenoxy) is 1. The lowest BCUT2D eigenvalue weighted by Crippen LogP contribution is -2.43. The first kappa shape index (κ1) is 31.7. The predicted octanol–water partition coefficient (Wildman–Crippen LogP) is 3.35. The third kappa shape index (κ3) is 9.25. The molecule has 8 nitrogen and oxygen atoms in total. The number of halogens is 1. The summed E-state index contributed by atoms with van der Waals surface area (Å²) >= 11 is 2.02. The molecule has 0 aromatic rings. The number of phosphoric acid groups is 1. The normalized spacial score (nSPS) is 25.8. The number of terminal acetylenes is 1. The number of aliphatic hydroxyl groups is 1. The zero-order chi connectivity index (χ0) is 26.4. The van der Waals surface area contributed by atoms with E-state index in [0.29, 0.717) is 0 Å². The summed E-state index contributed by atoms with van der Waals surface area (Å²) in [5.41, 5.74) is -3.74. The number of aliphatic hydroxyl groups excluding tert-OH is 1. The third-order valence-corrected chi connectivity index (χ3v) is 8.45. The van der Waals surface area contributed by atoms with E-state index in [0.717, 1.165) is 23.5 Å². The molecule has 1 aliphatic rings. The fraction of sp³-hybridized carbons (Fsp3) is 0.810. The van der Waals surface area contributed by atoms with Crippen LogP contribution in [-0.2, 0) is 32.5 Å². The van der Waals surface area contributed by atoms with Gasteiger partial charge in [0.15, 0.2) is 10.2 Å². The van der Waals surface area contributed by atoms with Crippen LogP contribution in [0.2, 0.25) is 0 Å². The molecule has 1 fully saturated rings. The van der Waals surface area contributed by atoms with Crippen molar-refractivity contribution in [3.8, 4) is 12.3 Å². The van der Waals surface area contributed by atoms with Crippen LogP contribution in [0.25, 0.3) is 0 Å². The van der Waals surface area contributed by atoms with E-state index < -0.39 is 49.1 Å². The van der Waals surface area contributed by atoms with Crippen LogP contribution in [0.5, 0.6) is 0 Å². The highest BCUT2D eigenvalue weighted by molar-refractivity contribution is 8.14. The monoisotopic (exact) mass is 538 g/mol. The molecule has 0 bridgehead atoms. The standard InChI is InChI=1S/C21H33BFO8PS2/c1-8-21(23)15(24)14(31-16(21)22)13-30-32(27,28-9-11-33-17(25)19(2,3)4)29-10-12-34-18(26)20(5,6)7/h1,14-16,24H,9-13H2,2-7H3/t14-,15-,16-,21-/m1/s1. The number of thioether (sulfide) groups is 2. The molecule has 1 aliphatic heterocycles. The molecule has 1 saturated heterocycles. The molecule has 0 aromatic heterocycles. The highest BCUT2D eigenvalue weighted by atomic mass is 32.2. The maximum absolute atomic E-state index is 14.5. The van der Waals surface area contributed by atoms with Gasteiger partial charge in [-0.1, -0.05) is 71.0 Å². The van der Waals surface area contributed by atoms with Crippen LogP contribution in [0.3, 0.4) is 0 Å². The Bertz CT molecular complexity index is 772. The van der Waals surface area contributed by atoms with E-state index in [2.05, 4.69) is 0 Å². The van der Waals surface area contributed by atoms with Crippen LogP contribution in [0, 0.1) is 23.2 Å². The number of carbonyl (C=O) groups is 2. The van der Waals surface area contributed by atoms with E-state index >= 15 is 0 Å². The van der Waals surface area contributed by atoms with Gasteiger partial charge in [-0.3, -0.25) is 23.2 Å². The van der Waals surface area contributed by atoms with Crippen molar-refractivity contribution in [1.29, 1.82) is 0 Å². The maximum atomic E-state index is 14.5. The number of carbonyl (C=O) groups excluding carboxylic acids is 2. The van der Waals surface area contributed by atoms with E-state index in [9.17, 15) is 23.7 Å². The van der Waals surface area contributed by atoms with Crippen LogP contribution >= 0.6 is 31.3 Å². The number of rotatable bonds is 11. The Hall–Kier alpha value is -0.375. The number of hydrogen-bond donors (Lipinski definition) is 1. The summed E-state index contributed by atoms with van der Waals surface area (Å²) in [6.07, 6.45) is 1.98. The molecule has 192 valence electrons. The quantitative estimate of drug-likeness (QED) is 0.182. The SMILES string of the molecule is [B][C@@H]1O[C@H](COP(=O)(OCCSC(=O)C(C)(C)C)OCCSC(=O)C(C)(C)C)[C@@H](O)[C@]1(F)C#C. The Kier molecular flexibility index (Phi) is 11.9. The van der Waals surface area contributed by atoms with Gasteiger partial charge >= 0.3 is 7.82 Å². The molecule has 34 heavy (non-hydrogen) atoms. The number of hydrogen-bond acceptors (Lipinski definition) is 10. The first-order valence-corrected chi connectivity index (χ1v) is 14.0. The summed E-state index contributed by atoms with van der Waals surface area (Å²) in [7, 11) is 1.29. The van der Waals surface area contributed by atoms with Gasteiger partial charge in [0.05, 0.1) is 25.8 Å². The molecular formula is C21H33BFO8PS2. The van der Waals surface area contributed by atoms with Crippen LogP contribution in [0.4, 0.5) is 4.39 Å². The van der Waals surface area contributed by atoms with Gasteiger partial charge < -0.3 is 9.84 Å². The van der Waals surface area contributed by atoms with Crippen molar-refractivity contribution < 1.29 is 42.0 Å². The molecule has 4 atom stereocenters. The van der Waals surface area contributed by atoms with Gasteiger partial charge in [-0.25, -0.2) is 8.96 Å². The minimum atomic E-state index is -4.22. The zero-order valence-electron chi connectivity index (χ0n) is 20.4. The minimum Gasteiger partial charge on any atom is -0.386 e. The molecule has 0 saturated carbocycles. The Morgan fingerprint density at radius 3 is 1.88 bits per heavy atom. The van der Waals surface area contributed by atoms with E-state index in [-0.39, 0.29) is 35.0 Å². The fourth-order valence-electron chi connectivity index (χ4n) is 2.37. The van der Waals surface area contributed by atoms with Crippen LogP contribution in [-0.4, -0.2) is 78.4 Å². The van der Waals surface area contributed by atoms with Gasteiger partial charge in [0, 0.05) is 22.3 Å². The maximum Gasteiger partial charge on any atom is 0.474 e. The number of phosphoric ester groups is 1. The average molecular weight is 538 g/mol. The van der Waals surface area contributed by atoms with Crippen molar-refractivity contribution in [2.24, 2.45) is 10.8 Å². The second kappa shape index (κ2) is 12.7. The van der Waals surface area contributed by atoms with Gasteiger partial charge in [-0.15, -0.1) is 6.42 Å². The van der Waals surface area contributed by atoms with Gasteiger partial charge in [-0.2, -0.15) is 0 Å². The Labute approximate surface area is 211 Å². The fourth-order valence-corrected chi connectivity index (χ4v) is 5.38. The zero-order valence-corrected chi connectivity index (χ0v) is 22.9.